The molecule has 0 aliphatic carbocycles. The maximum atomic E-state index is 12.7. The lowest BCUT2D eigenvalue weighted by Gasteiger charge is -2.34. The Bertz CT molecular complexity index is 1060. The largest absolute Gasteiger partial charge is 0.544 e. The van der Waals surface area contributed by atoms with E-state index in [0.29, 0.717) is 12.8 Å². The normalized spacial score (nSPS) is 13.4. The predicted molar refractivity (Wildman–Crippen MR) is 231 cm³/mol. The minimum atomic E-state index is -1.13. The lowest BCUT2D eigenvalue weighted by Crippen LogP contribution is -2.55. The van der Waals surface area contributed by atoms with Gasteiger partial charge < -0.3 is 28.6 Å². The van der Waals surface area contributed by atoms with Crippen LogP contribution in [0.4, 0.5) is 0 Å². The van der Waals surface area contributed by atoms with Crippen molar-refractivity contribution in [2.24, 2.45) is 0 Å². The zero-order valence-corrected chi connectivity index (χ0v) is 36.8. The van der Waals surface area contributed by atoms with Gasteiger partial charge >= 0.3 is 11.9 Å². The fourth-order valence-electron chi connectivity index (χ4n) is 6.37. The third-order valence-electron chi connectivity index (χ3n) is 9.94. The molecule has 0 aromatic rings. The van der Waals surface area contributed by atoms with Crippen molar-refractivity contribution in [3.63, 3.8) is 0 Å². The van der Waals surface area contributed by atoms with Crippen LogP contribution in [0, 0.1) is 0 Å². The van der Waals surface area contributed by atoms with Crippen molar-refractivity contribution < 1.29 is 38.2 Å². The standard InChI is InChI=1S/C48H85NO7/c1-6-8-10-12-14-16-18-20-22-23-25-27-29-31-33-35-37-39-47(51)56-44(42-54-41-40-45(48(52)53)49(3,4)5)43-55-46(50)38-36-34-32-30-28-26-24-21-19-17-15-13-11-9-7-2/h14-17,20-22,24,44-45H,6-13,18-19,23,25-43H2,1-5H3/b16-14-,17-15-,22-20-,24-21-. The topological polar surface area (TPSA) is 102 Å². The number of carboxylic acid groups (broad SMARTS) is 1. The van der Waals surface area contributed by atoms with E-state index in [1.54, 1.807) is 21.1 Å². The molecule has 0 fully saturated rings. The molecule has 324 valence electrons. The second-order valence-corrected chi connectivity index (χ2v) is 16.3. The third kappa shape index (κ3) is 36.9. The van der Waals surface area contributed by atoms with Gasteiger partial charge in [-0.25, -0.2) is 0 Å². The van der Waals surface area contributed by atoms with E-state index in [4.69, 9.17) is 14.2 Å². The van der Waals surface area contributed by atoms with Crippen LogP contribution in [-0.2, 0) is 28.6 Å². The summed E-state index contributed by atoms with van der Waals surface area (Å²) >= 11 is 0. The molecule has 8 heteroatoms. The van der Waals surface area contributed by atoms with Gasteiger partial charge in [0.05, 0.1) is 40.3 Å². The first-order valence-corrected chi connectivity index (χ1v) is 22.7. The summed E-state index contributed by atoms with van der Waals surface area (Å²) in [5.74, 6) is -1.76. The summed E-state index contributed by atoms with van der Waals surface area (Å²) in [6.07, 6.45) is 45.5. The predicted octanol–water partition coefficient (Wildman–Crippen LogP) is 11.1. The van der Waals surface area contributed by atoms with Crippen LogP contribution < -0.4 is 5.11 Å². The van der Waals surface area contributed by atoms with E-state index >= 15 is 0 Å². The second-order valence-electron chi connectivity index (χ2n) is 16.3. The zero-order chi connectivity index (χ0) is 41.4. The average Bonchev–Trinajstić information content (AvgIpc) is 3.15. The first-order valence-electron chi connectivity index (χ1n) is 22.7. The molecule has 0 aliphatic rings. The van der Waals surface area contributed by atoms with Gasteiger partial charge in [-0.1, -0.05) is 140 Å². The van der Waals surface area contributed by atoms with Crippen molar-refractivity contribution in [3.05, 3.63) is 48.6 Å². The van der Waals surface area contributed by atoms with Gasteiger partial charge in [-0.3, -0.25) is 9.59 Å². The molecule has 0 heterocycles. The number of rotatable bonds is 40. The van der Waals surface area contributed by atoms with E-state index in [1.807, 2.05) is 0 Å². The maximum absolute atomic E-state index is 12.7. The Morgan fingerprint density at radius 3 is 1.38 bits per heavy atom. The summed E-state index contributed by atoms with van der Waals surface area (Å²) < 4.78 is 17.2. The number of quaternary nitrogens is 1. The molecule has 0 bridgehead atoms. The number of aliphatic carboxylic acids is 1. The van der Waals surface area contributed by atoms with Crippen LogP contribution in [0.5, 0.6) is 0 Å². The zero-order valence-electron chi connectivity index (χ0n) is 36.8. The Kier molecular flexibility index (Phi) is 37.2. The quantitative estimate of drug-likeness (QED) is 0.0264. The van der Waals surface area contributed by atoms with Gasteiger partial charge in [0.15, 0.2) is 6.10 Å². The van der Waals surface area contributed by atoms with Crippen LogP contribution in [0.15, 0.2) is 48.6 Å². The van der Waals surface area contributed by atoms with Crippen molar-refractivity contribution in [2.75, 3.05) is 41.0 Å². The highest BCUT2D eigenvalue weighted by Gasteiger charge is 2.25. The highest BCUT2D eigenvalue weighted by Crippen LogP contribution is 2.13. The Balaban J connectivity index is 4.37. The number of unbranched alkanes of at least 4 members (excludes halogenated alkanes) is 18. The van der Waals surface area contributed by atoms with Crippen molar-refractivity contribution >= 4 is 17.9 Å². The number of carbonyl (C=O) groups excluding carboxylic acids is 3. The summed E-state index contributed by atoms with van der Waals surface area (Å²) in [5, 5.41) is 11.6. The van der Waals surface area contributed by atoms with E-state index in [-0.39, 0.29) is 42.7 Å². The Morgan fingerprint density at radius 2 is 0.946 bits per heavy atom. The number of hydrogen-bond donors (Lipinski definition) is 0. The van der Waals surface area contributed by atoms with E-state index in [9.17, 15) is 19.5 Å². The molecule has 0 spiro atoms. The van der Waals surface area contributed by atoms with Crippen LogP contribution in [-0.4, -0.2) is 75.5 Å². The fraction of sp³-hybridized carbons (Fsp3) is 0.771. The summed E-state index contributed by atoms with van der Waals surface area (Å²) in [6.45, 7) is 4.59. The number of ether oxygens (including phenoxy) is 3. The lowest BCUT2D eigenvalue weighted by atomic mass is 10.1. The molecule has 2 unspecified atom stereocenters. The number of esters is 2. The van der Waals surface area contributed by atoms with Gasteiger partial charge in [-0.2, -0.15) is 0 Å². The van der Waals surface area contributed by atoms with Crippen LogP contribution in [0.1, 0.15) is 187 Å². The van der Waals surface area contributed by atoms with E-state index in [2.05, 4.69) is 62.5 Å². The van der Waals surface area contributed by atoms with Crippen LogP contribution in [0.25, 0.3) is 0 Å². The van der Waals surface area contributed by atoms with Crippen LogP contribution in [0.2, 0.25) is 0 Å². The van der Waals surface area contributed by atoms with Gasteiger partial charge in [-0.15, -0.1) is 0 Å². The molecule has 0 N–H and O–H groups in total. The first-order chi connectivity index (χ1) is 27.1. The number of allylic oxidation sites excluding steroid dienone is 8. The molecule has 0 radical (unpaired) electrons. The third-order valence-corrected chi connectivity index (χ3v) is 9.94. The van der Waals surface area contributed by atoms with Gasteiger partial charge in [0.2, 0.25) is 0 Å². The molecule has 0 aromatic heterocycles. The summed E-state index contributed by atoms with van der Waals surface area (Å²) in [7, 11) is 5.40. The van der Waals surface area contributed by atoms with Gasteiger partial charge in [0.25, 0.3) is 0 Å². The lowest BCUT2D eigenvalue weighted by molar-refractivity contribution is -0.889. The van der Waals surface area contributed by atoms with Gasteiger partial charge in [0, 0.05) is 19.3 Å². The monoisotopic (exact) mass is 788 g/mol. The molecule has 2 atom stereocenters. The van der Waals surface area contributed by atoms with Crippen molar-refractivity contribution in [3.8, 4) is 0 Å². The maximum Gasteiger partial charge on any atom is 0.306 e. The van der Waals surface area contributed by atoms with Gasteiger partial charge in [0.1, 0.15) is 12.6 Å². The average molecular weight is 788 g/mol. The molecular weight excluding hydrogens is 703 g/mol. The number of carboxylic acids is 1. The molecule has 0 aliphatic heterocycles. The Hall–Kier alpha value is -2.71. The number of nitrogens with zero attached hydrogens (tertiary/aromatic N) is 1. The molecule has 0 aromatic carbocycles. The molecule has 0 saturated carbocycles. The smallest absolute Gasteiger partial charge is 0.306 e. The van der Waals surface area contributed by atoms with Gasteiger partial charge in [-0.05, 0) is 77.0 Å². The molecule has 56 heavy (non-hydrogen) atoms. The summed E-state index contributed by atoms with van der Waals surface area (Å²) in [6, 6.07) is -0.730. The van der Waals surface area contributed by atoms with Crippen molar-refractivity contribution in [2.45, 2.75) is 199 Å². The number of carbonyl (C=O) groups is 3. The second kappa shape index (κ2) is 39.1. The molecule has 0 saturated heterocycles. The highest BCUT2D eigenvalue weighted by atomic mass is 16.6. The summed E-state index contributed by atoms with van der Waals surface area (Å²) in [4.78, 5) is 36.9. The van der Waals surface area contributed by atoms with Crippen LogP contribution in [0.3, 0.4) is 0 Å². The molecule has 0 amide bonds. The van der Waals surface area contributed by atoms with E-state index in [1.165, 1.54) is 77.0 Å². The van der Waals surface area contributed by atoms with E-state index < -0.39 is 18.1 Å². The van der Waals surface area contributed by atoms with Crippen LogP contribution >= 0.6 is 0 Å². The molecule has 0 rings (SSSR count). The molecular formula is C48H85NO7. The number of likely N-dealkylation sites (N-methyl/N-ethyl adjacent to an activating group) is 1. The summed E-state index contributed by atoms with van der Waals surface area (Å²) in [5.41, 5.74) is 0. The minimum absolute atomic E-state index is 0.0323. The first kappa shape index (κ1) is 53.3. The Labute approximate surface area is 344 Å². The van der Waals surface area contributed by atoms with Crippen molar-refractivity contribution in [1.82, 2.24) is 0 Å². The highest BCUT2D eigenvalue weighted by molar-refractivity contribution is 5.70. The van der Waals surface area contributed by atoms with Crippen molar-refractivity contribution in [1.29, 1.82) is 0 Å². The molecule has 8 nitrogen and oxygen atoms in total. The van der Waals surface area contributed by atoms with E-state index in [0.717, 1.165) is 77.0 Å². The Morgan fingerprint density at radius 1 is 0.536 bits per heavy atom. The minimum Gasteiger partial charge on any atom is -0.544 e. The fourth-order valence-corrected chi connectivity index (χ4v) is 6.37. The SMILES string of the molecule is CCCCC/C=C\C/C=C\CCCCCCCCCC(=O)OC(COCCC(C(=O)[O-])[N+](C)(C)C)COC(=O)CCCCCCC/C=C\C/C=C\CCCCC. The number of hydrogen-bond acceptors (Lipinski definition) is 7.